The number of carbonyl (C=O) groups excluding carboxylic acids is 1. The maximum atomic E-state index is 11.6. The number of hydrogen-bond acceptors (Lipinski definition) is 3. The maximum Gasteiger partial charge on any atom is 0.236 e. The lowest BCUT2D eigenvalue weighted by Crippen LogP contribution is -2.34. The van der Waals surface area contributed by atoms with E-state index < -0.39 is 0 Å². The van der Waals surface area contributed by atoms with Crippen molar-refractivity contribution in [3.63, 3.8) is 0 Å². The molecule has 0 aromatic heterocycles. The second-order valence-electron chi connectivity index (χ2n) is 3.16. The molecule has 0 fully saturated rings. The minimum atomic E-state index is 0.0926. The molecule has 0 unspecified atom stereocenters. The van der Waals surface area contributed by atoms with Gasteiger partial charge in [-0.2, -0.15) is 0 Å². The van der Waals surface area contributed by atoms with E-state index in [1.807, 2.05) is 6.26 Å². The van der Waals surface area contributed by atoms with E-state index in [2.05, 4.69) is 13.8 Å². The van der Waals surface area contributed by atoms with E-state index in [0.717, 1.165) is 0 Å². The van der Waals surface area contributed by atoms with E-state index in [4.69, 9.17) is 0 Å². The average Bonchev–Trinajstić information content (AvgIpc) is 1.98. The molecule has 0 saturated heterocycles. The minimum absolute atomic E-state index is 0.0926. The van der Waals surface area contributed by atoms with Gasteiger partial charge in [-0.25, -0.2) is 0 Å². The van der Waals surface area contributed by atoms with Crippen LogP contribution in [0.2, 0.25) is 0 Å². The van der Waals surface area contributed by atoms with Crippen molar-refractivity contribution < 1.29 is 4.79 Å². The Bertz CT molecular complexity index is 148. The third-order valence-corrected chi connectivity index (χ3v) is 3.83. The van der Waals surface area contributed by atoms with Gasteiger partial charge in [-0.05, 0) is 12.2 Å². The van der Waals surface area contributed by atoms with Crippen LogP contribution in [0.1, 0.15) is 13.8 Å². The SMILES string of the molecule is CSS[C@H](C(=O)N(C)C)C(C)C. The zero-order valence-electron chi connectivity index (χ0n) is 8.33. The van der Waals surface area contributed by atoms with Gasteiger partial charge in [0.1, 0.15) is 0 Å². The molecule has 1 atom stereocenters. The summed E-state index contributed by atoms with van der Waals surface area (Å²) < 4.78 is 0. The summed E-state index contributed by atoms with van der Waals surface area (Å²) in [5.74, 6) is 0.613. The summed E-state index contributed by atoms with van der Waals surface area (Å²) in [6, 6.07) is 0. The lowest BCUT2D eigenvalue weighted by molar-refractivity contribution is -0.128. The van der Waals surface area contributed by atoms with Crippen molar-refractivity contribution >= 4 is 27.5 Å². The van der Waals surface area contributed by atoms with Gasteiger partial charge in [0, 0.05) is 14.1 Å². The molecule has 2 nitrogen and oxygen atoms in total. The van der Waals surface area contributed by atoms with Gasteiger partial charge in [0.15, 0.2) is 0 Å². The first-order valence-corrected chi connectivity index (χ1v) is 6.53. The summed E-state index contributed by atoms with van der Waals surface area (Å²) in [6.07, 6.45) is 2.00. The predicted molar refractivity (Wildman–Crippen MR) is 58.4 cm³/mol. The molecule has 0 radical (unpaired) electrons. The number of rotatable bonds is 4. The molecule has 0 N–H and O–H groups in total. The summed E-state index contributed by atoms with van der Waals surface area (Å²) in [7, 11) is 6.91. The molecule has 0 aliphatic carbocycles. The monoisotopic (exact) mass is 207 g/mol. The van der Waals surface area contributed by atoms with E-state index in [9.17, 15) is 4.79 Å². The van der Waals surface area contributed by atoms with Gasteiger partial charge < -0.3 is 4.90 Å². The van der Waals surface area contributed by atoms with Crippen LogP contribution in [-0.4, -0.2) is 36.4 Å². The van der Waals surface area contributed by atoms with E-state index >= 15 is 0 Å². The lowest BCUT2D eigenvalue weighted by atomic mass is 10.1. The topological polar surface area (TPSA) is 20.3 Å². The highest BCUT2D eigenvalue weighted by molar-refractivity contribution is 8.76. The number of carbonyl (C=O) groups is 1. The molecule has 0 aliphatic heterocycles. The van der Waals surface area contributed by atoms with E-state index in [0.29, 0.717) is 5.92 Å². The van der Waals surface area contributed by atoms with Crippen LogP contribution in [0.25, 0.3) is 0 Å². The van der Waals surface area contributed by atoms with Gasteiger partial charge in [-0.15, -0.1) is 0 Å². The summed E-state index contributed by atoms with van der Waals surface area (Å²) in [4.78, 5) is 13.2. The normalized spacial score (nSPS) is 13.2. The van der Waals surface area contributed by atoms with Crippen molar-refractivity contribution in [2.45, 2.75) is 19.1 Å². The molecule has 12 heavy (non-hydrogen) atoms. The fourth-order valence-corrected chi connectivity index (χ4v) is 3.05. The zero-order valence-corrected chi connectivity index (χ0v) is 9.96. The fraction of sp³-hybridized carbons (Fsp3) is 0.875. The molecular formula is C8H17NOS2. The fourth-order valence-electron chi connectivity index (χ4n) is 0.796. The van der Waals surface area contributed by atoms with Crippen LogP contribution in [0, 0.1) is 5.92 Å². The van der Waals surface area contributed by atoms with Gasteiger partial charge in [0.25, 0.3) is 0 Å². The Kier molecular flexibility index (Phi) is 5.84. The number of hydrogen-bond donors (Lipinski definition) is 0. The second kappa shape index (κ2) is 5.75. The highest BCUT2D eigenvalue weighted by atomic mass is 33.1. The van der Waals surface area contributed by atoms with Crippen LogP contribution in [0.15, 0.2) is 0 Å². The Hall–Kier alpha value is 0.170. The van der Waals surface area contributed by atoms with E-state index in [-0.39, 0.29) is 11.2 Å². The van der Waals surface area contributed by atoms with Crippen molar-refractivity contribution in [2.75, 3.05) is 20.4 Å². The van der Waals surface area contributed by atoms with Gasteiger partial charge >= 0.3 is 0 Å². The first-order valence-electron chi connectivity index (χ1n) is 3.91. The summed E-state index contributed by atoms with van der Waals surface area (Å²) >= 11 is 0. The van der Waals surface area contributed by atoms with E-state index in [1.54, 1.807) is 40.6 Å². The molecule has 0 heterocycles. The Morgan fingerprint density at radius 3 is 2.08 bits per heavy atom. The highest BCUT2D eigenvalue weighted by Gasteiger charge is 2.23. The predicted octanol–water partition coefficient (Wildman–Crippen LogP) is 2.11. The van der Waals surface area contributed by atoms with Crippen molar-refractivity contribution in [1.82, 2.24) is 4.90 Å². The summed E-state index contributed by atoms with van der Waals surface area (Å²) in [5, 5.41) is 0.0926. The molecule has 0 spiro atoms. The first kappa shape index (κ1) is 12.2. The standard InChI is InChI=1S/C8H17NOS2/c1-6(2)7(12-11-5)8(10)9(3)4/h6-7H,1-5H3/t7-/m0/s1. The van der Waals surface area contributed by atoms with Crippen molar-refractivity contribution in [3.05, 3.63) is 0 Å². The van der Waals surface area contributed by atoms with Crippen LogP contribution in [-0.2, 0) is 4.79 Å². The molecule has 0 saturated carbocycles. The summed E-state index contributed by atoms with van der Waals surface area (Å²) in [5.41, 5.74) is 0. The zero-order chi connectivity index (χ0) is 9.72. The molecule has 72 valence electrons. The van der Waals surface area contributed by atoms with Crippen molar-refractivity contribution in [2.24, 2.45) is 5.92 Å². The summed E-state index contributed by atoms with van der Waals surface area (Å²) in [6.45, 7) is 4.16. The molecule has 1 amide bonds. The number of nitrogens with zero attached hydrogens (tertiary/aromatic N) is 1. The Labute approximate surface area is 82.9 Å². The third kappa shape index (κ3) is 3.72. The Morgan fingerprint density at radius 2 is 1.83 bits per heavy atom. The number of amides is 1. The Balaban J connectivity index is 4.19. The quantitative estimate of drug-likeness (QED) is 0.659. The van der Waals surface area contributed by atoms with Crippen molar-refractivity contribution in [3.8, 4) is 0 Å². The first-order chi connectivity index (χ1) is 5.50. The van der Waals surface area contributed by atoms with Crippen LogP contribution >= 0.6 is 21.6 Å². The Morgan fingerprint density at radius 1 is 1.33 bits per heavy atom. The molecule has 0 aromatic rings. The van der Waals surface area contributed by atoms with Gasteiger partial charge in [0.2, 0.25) is 5.91 Å². The average molecular weight is 207 g/mol. The van der Waals surface area contributed by atoms with Crippen LogP contribution in [0.5, 0.6) is 0 Å². The molecule has 0 aliphatic rings. The second-order valence-corrected chi connectivity index (χ2v) is 5.77. The highest BCUT2D eigenvalue weighted by Crippen LogP contribution is 2.29. The van der Waals surface area contributed by atoms with Crippen molar-refractivity contribution in [1.29, 1.82) is 0 Å². The smallest absolute Gasteiger partial charge is 0.236 e. The maximum absolute atomic E-state index is 11.6. The minimum Gasteiger partial charge on any atom is -0.348 e. The van der Waals surface area contributed by atoms with Crippen LogP contribution in [0.3, 0.4) is 0 Å². The molecule has 0 rings (SSSR count). The molecular weight excluding hydrogens is 190 g/mol. The lowest BCUT2D eigenvalue weighted by Gasteiger charge is -2.21. The molecule has 4 heteroatoms. The molecule has 0 aromatic carbocycles. The van der Waals surface area contributed by atoms with Crippen LogP contribution < -0.4 is 0 Å². The van der Waals surface area contributed by atoms with Crippen LogP contribution in [0.4, 0.5) is 0 Å². The van der Waals surface area contributed by atoms with Gasteiger partial charge in [0.05, 0.1) is 5.25 Å². The van der Waals surface area contributed by atoms with Gasteiger partial charge in [-0.3, -0.25) is 4.79 Å². The van der Waals surface area contributed by atoms with E-state index in [1.165, 1.54) is 0 Å². The molecule has 0 bridgehead atoms. The van der Waals surface area contributed by atoms with Gasteiger partial charge in [-0.1, -0.05) is 35.4 Å². The largest absolute Gasteiger partial charge is 0.348 e. The third-order valence-electron chi connectivity index (χ3n) is 1.49.